The molecular formula is C25H33BO. The van der Waals surface area contributed by atoms with Crippen LogP contribution >= 0.6 is 0 Å². The van der Waals surface area contributed by atoms with Crippen molar-refractivity contribution in [3.8, 4) is 11.1 Å². The molecule has 0 N–H and O–H groups in total. The van der Waals surface area contributed by atoms with E-state index < -0.39 is 0 Å². The van der Waals surface area contributed by atoms with Gasteiger partial charge >= 0.3 is 8.05 Å². The van der Waals surface area contributed by atoms with E-state index in [0.717, 1.165) is 12.8 Å². The summed E-state index contributed by atoms with van der Waals surface area (Å²) in [4.78, 5) is 0. The molecular weight excluding hydrogens is 327 g/mol. The maximum Gasteiger partial charge on any atom is 0.374 e. The fourth-order valence-electron chi connectivity index (χ4n) is 2.18. The molecule has 2 aromatic carbocycles. The van der Waals surface area contributed by atoms with Gasteiger partial charge in [0.15, 0.2) is 0 Å². The molecule has 0 heterocycles. The highest BCUT2D eigenvalue weighted by Gasteiger charge is 1.97. The quantitative estimate of drug-likeness (QED) is 0.300. The second kappa shape index (κ2) is 15.8. The molecule has 0 amide bonds. The maximum atomic E-state index is 4.78. The Labute approximate surface area is 167 Å². The molecule has 27 heavy (non-hydrogen) atoms. The van der Waals surface area contributed by atoms with Gasteiger partial charge < -0.3 is 4.65 Å². The van der Waals surface area contributed by atoms with Crippen molar-refractivity contribution in [2.75, 3.05) is 0 Å². The molecule has 142 valence electrons. The standard InChI is InChI=1S/C16H18.C7H9BO.C2H6/c1-3-13-5-9-15(10-6-13)16-11-7-14(4-2)8-12-16;1-3-4-5-6-7(2)9-8;1-2/h5-12H,3-4H2,1-2H3;3-6H,2H2,1H3;1-2H3/b;4-3-,6-5-;. The molecule has 0 aliphatic rings. The minimum absolute atomic E-state index is 0.452. The summed E-state index contributed by atoms with van der Waals surface area (Å²) in [7, 11) is 4.78. The highest BCUT2D eigenvalue weighted by Crippen LogP contribution is 2.20. The zero-order chi connectivity index (χ0) is 20.5. The van der Waals surface area contributed by atoms with E-state index in [2.05, 4.69) is 73.6 Å². The number of benzene rings is 2. The van der Waals surface area contributed by atoms with Crippen LogP contribution in [0.5, 0.6) is 0 Å². The smallest absolute Gasteiger partial charge is 0.374 e. The number of hydrogen-bond donors (Lipinski definition) is 0. The van der Waals surface area contributed by atoms with E-state index in [1.165, 1.54) is 22.3 Å². The minimum atomic E-state index is 0.452. The Morgan fingerprint density at radius 2 is 1.26 bits per heavy atom. The first kappa shape index (κ1) is 24.5. The van der Waals surface area contributed by atoms with Gasteiger partial charge in [-0.15, -0.1) is 0 Å². The lowest BCUT2D eigenvalue weighted by molar-refractivity contribution is 0.495. The molecule has 0 saturated heterocycles. The van der Waals surface area contributed by atoms with Crippen LogP contribution in [-0.2, 0) is 17.5 Å². The van der Waals surface area contributed by atoms with Crippen LogP contribution in [-0.4, -0.2) is 8.05 Å². The van der Waals surface area contributed by atoms with Gasteiger partial charge in [-0.05, 0) is 48.1 Å². The monoisotopic (exact) mass is 360 g/mol. The van der Waals surface area contributed by atoms with Crippen LogP contribution in [0.4, 0.5) is 0 Å². The van der Waals surface area contributed by atoms with Crippen molar-refractivity contribution in [3.05, 3.63) is 96.3 Å². The summed E-state index contributed by atoms with van der Waals surface area (Å²) >= 11 is 0. The first-order chi connectivity index (χ1) is 13.1. The van der Waals surface area contributed by atoms with Gasteiger partial charge in [-0.3, -0.25) is 0 Å². The summed E-state index contributed by atoms with van der Waals surface area (Å²) in [5.74, 6) is 0.452. The van der Waals surface area contributed by atoms with E-state index in [-0.39, 0.29) is 0 Å². The molecule has 2 rings (SSSR count). The second-order valence-corrected chi connectivity index (χ2v) is 5.57. The SMILES string of the molecule is CC.CCc1ccc(-c2ccc(CC)cc2)cc1.[B]OC(=C)/C=C\C=C/C. The summed E-state index contributed by atoms with van der Waals surface area (Å²) in [6.07, 6.45) is 9.46. The molecule has 0 aliphatic heterocycles. The van der Waals surface area contributed by atoms with E-state index in [9.17, 15) is 0 Å². The van der Waals surface area contributed by atoms with Crippen LogP contribution < -0.4 is 0 Å². The van der Waals surface area contributed by atoms with Crippen molar-refractivity contribution in [3.63, 3.8) is 0 Å². The third kappa shape index (κ3) is 10.3. The lowest BCUT2D eigenvalue weighted by Gasteiger charge is -2.04. The summed E-state index contributed by atoms with van der Waals surface area (Å²) in [6.45, 7) is 13.8. The largest absolute Gasteiger partial charge is 0.568 e. The van der Waals surface area contributed by atoms with Gasteiger partial charge in [0.05, 0.1) is 5.76 Å². The van der Waals surface area contributed by atoms with Gasteiger partial charge in [-0.1, -0.05) is 101 Å². The van der Waals surface area contributed by atoms with E-state index in [4.69, 9.17) is 8.05 Å². The highest BCUT2D eigenvalue weighted by atomic mass is 16.4. The third-order valence-electron chi connectivity index (χ3n) is 3.79. The lowest BCUT2D eigenvalue weighted by Crippen LogP contribution is -1.83. The topological polar surface area (TPSA) is 9.23 Å². The normalized spacial score (nSPS) is 9.96. The molecule has 0 fully saturated rings. The lowest BCUT2D eigenvalue weighted by atomic mass is 10.0. The predicted octanol–water partition coefficient (Wildman–Crippen LogP) is 7.24. The predicted molar refractivity (Wildman–Crippen MR) is 122 cm³/mol. The number of allylic oxidation sites excluding steroid dienone is 4. The van der Waals surface area contributed by atoms with E-state index in [1.54, 1.807) is 12.2 Å². The molecule has 0 saturated carbocycles. The number of aryl methyl sites for hydroxylation is 2. The van der Waals surface area contributed by atoms with Gasteiger partial charge in [0.25, 0.3) is 0 Å². The molecule has 1 nitrogen and oxygen atoms in total. The summed E-state index contributed by atoms with van der Waals surface area (Å²) < 4.78 is 4.28. The highest BCUT2D eigenvalue weighted by molar-refractivity contribution is 5.98. The zero-order valence-corrected chi connectivity index (χ0v) is 17.5. The maximum absolute atomic E-state index is 4.78. The van der Waals surface area contributed by atoms with E-state index in [1.807, 2.05) is 32.9 Å². The average molecular weight is 360 g/mol. The third-order valence-corrected chi connectivity index (χ3v) is 3.79. The minimum Gasteiger partial charge on any atom is -0.568 e. The summed E-state index contributed by atoms with van der Waals surface area (Å²) in [5.41, 5.74) is 5.41. The van der Waals surface area contributed by atoms with Crippen molar-refractivity contribution in [2.24, 2.45) is 0 Å². The van der Waals surface area contributed by atoms with E-state index in [0.29, 0.717) is 5.76 Å². The molecule has 2 aromatic rings. The van der Waals surface area contributed by atoms with Gasteiger partial charge in [0.2, 0.25) is 0 Å². The molecule has 0 spiro atoms. The Morgan fingerprint density at radius 1 is 0.852 bits per heavy atom. The van der Waals surface area contributed by atoms with Crippen molar-refractivity contribution >= 4 is 8.05 Å². The van der Waals surface area contributed by atoms with Crippen molar-refractivity contribution in [1.29, 1.82) is 0 Å². The van der Waals surface area contributed by atoms with Crippen LogP contribution in [0.2, 0.25) is 0 Å². The van der Waals surface area contributed by atoms with Crippen LogP contribution in [0.15, 0.2) is 85.2 Å². The first-order valence-electron chi connectivity index (χ1n) is 9.67. The van der Waals surface area contributed by atoms with Crippen LogP contribution in [0.3, 0.4) is 0 Å². The molecule has 2 heteroatoms. The summed E-state index contributed by atoms with van der Waals surface area (Å²) in [6, 6.07) is 17.7. The first-order valence-corrected chi connectivity index (χ1v) is 9.67. The molecule has 0 aliphatic carbocycles. The van der Waals surface area contributed by atoms with E-state index >= 15 is 0 Å². The molecule has 2 radical (unpaired) electrons. The number of rotatable bonds is 6. The second-order valence-electron chi connectivity index (χ2n) is 5.57. The van der Waals surface area contributed by atoms with Crippen molar-refractivity contribution < 1.29 is 4.65 Å². The van der Waals surface area contributed by atoms with Gasteiger partial charge in [-0.2, -0.15) is 0 Å². The Kier molecular flexibility index (Phi) is 14.3. The molecule has 0 atom stereocenters. The summed E-state index contributed by atoms with van der Waals surface area (Å²) in [5, 5.41) is 0. The van der Waals surface area contributed by atoms with Crippen molar-refractivity contribution in [1.82, 2.24) is 0 Å². The van der Waals surface area contributed by atoms with Gasteiger partial charge in [0, 0.05) is 0 Å². The van der Waals surface area contributed by atoms with Gasteiger partial charge in [0.1, 0.15) is 0 Å². The fraction of sp³-hybridized carbons (Fsp3) is 0.280. The Hall–Kier alpha value is -2.48. The Balaban J connectivity index is 0.000000528. The fourth-order valence-corrected chi connectivity index (χ4v) is 2.18. The molecule has 0 bridgehead atoms. The van der Waals surface area contributed by atoms with Crippen LogP contribution in [0.25, 0.3) is 11.1 Å². The van der Waals surface area contributed by atoms with Gasteiger partial charge in [-0.25, -0.2) is 0 Å². The van der Waals surface area contributed by atoms with Crippen molar-refractivity contribution in [2.45, 2.75) is 47.5 Å². The van der Waals surface area contributed by atoms with Crippen LogP contribution in [0.1, 0.15) is 45.7 Å². The Bertz CT molecular complexity index is 634. The average Bonchev–Trinajstić information content (AvgIpc) is 2.76. The number of hydrogen-bond acceptors (Lipinski definition) is 1. The zero-order valence-electron chi connectivity index (χ0n) is 17.5. The molecule has 0 aromatic heterocycles. The Morgan fingerprint density at radius 3 is 1.56 bits per heavy atom. The molecule has 0 unspecified atom stereocenters. The van der Waals surface area contributed by atoms with Crippen LogP contribution in [0, 0.1) is 0 Å².